The van der Waals surface area contributed by atoms with Crippen molar-refractivity contribution in [1.82, 2.24) is 19.7 Å². The molecule has 0 saturated carbocycles. The van der Waals surface area contributed by atoms with Crippen LogP contribution < -0.4 is 5.32 Å². The molecule has 10 nitrogen and oxygen atoms in total. The molecule has 3 aromatic heterocycles. The van der Waals surface area contributed by atoms with Crippen LogP contribution in [0.5, 0.6) is 0 Å². The molecule has 0 unspecified atom stereocenters. The number of ether oxygens (including phenoxy) is 2. The van der Waals surface area contributed by atoms with Crippen LogP contribution in [-0.4, -0.2) is 57.6 Å². The summed E-state index contributed by atoms with van der Waals surface area (Å²) in [6, 6.07) is 19.8. The van der Waals surface area contributed by atoms with E-state index < -0.39 is 11.9 Å². The van der Waals surface area contributed by atoms with E-state index in [4.69, 9.17) is 14.5 Å². The summed E-state index contributed by atoms with van der Waals surface area (Å²) in [4.78, 5) is 42.7. The summed E-state index contributed by atoms with van der Waals surface area (Å²) >= 11 is 2.19. The van der Waals surface area contributed by atoms with Crippen LogP contribution in [0.3, 0.4) is 0 Å². The zero-order valence-corrected chi connectivity index (χ0v) is 25.0. The van der Waals surface area contributed by atoms with Crippen LogP contribution in [0.4, 0.5) is 5.00 Å². The Morgan fingerprint density at radius 3 is 2.40 bits per heavy atom. The van der Waals surface area contributed by atoms with Crippen molar-refractivity contribution in [3.05, 3.63) is 76.7 Å². The van der Waals surface area contributed by atoms with Crippen LogP contribution in [-0.2, 0) is 20.8 Å². The number of carbonyl (C=O) groups is 3. The lowest BCUT2D eigenvalue weighted by molar-refractivity contribution is -0.113. The first kappa shape index (κ1) is 29.0. The monoisotopic (exact) mass is 601 g/mol. The van der Waals surface area contributed by atoms with Crippen LogP contribution in [0.15, 0.2) is 65.8 Å². The number of thioether (sulfide) groups is 1. The highest BCUT2D eigenvalue weighted by Gasteiger charge is 2.27. The molecule has 1 amide bonds. The number of para-hydroxylation sites is 1. The highest BCUT2D eigenvalue weighted by atomic mass is 32.2. The minimum atomic E-state index is -0.656. The second-order valence-electron chi connectivity index (χ2n) is 9.07. The summed E-state index contributed by atoms with van der Waals surface area (Å²) in [6.45, 7) is 4.17. The number of thiophene rings is 1. The Kier molecular flexibility index (Phi) is 8.64. The second-order valence-corrected chi connectivity index (χ2v) is 11.0. The summed E-state index contributed by atoms with van der Waals surface area (Å²) < 4.78 is 11.6. The number of methoxy groups -OCH3 is 2. The summed E-state index contributed by atoms with van der Waals surface area (Å²) in [5, 5.41) is 13.4. The number of fused-ring (bicyclic) bond motifs is 1. The predicted octanol–water partition coefficient (Wildman–Crippen LogP) is 5.85. The fraction of sp³-hybridized carbons (Fsp3) is 0.200. The first-order chi connectivity index (χ1) is 20.4. The Hall–Kier alpha value is -4.55. The molecule has 12 heteroatoms. The number of hydrogen-bond donors (Lipinski definition) is 1. The van der Waals surface area contributed by atoms with Crippen molar-refractivity contribution >= 4 is 56.8 Å². The van der Waals surface area contributed by atoms with E-state index in [1.165, 1.54) is 26.0 Å². The molecule has 42 heavy (non-hydrogen) atoms. The lowest BCUT2D eigenvalue weighted by Gasteiger charge is -2.12. The van der Waals surface area contributed by atoms with Crippen LogP contribution >= 0.6 is 23.1 Å². The number of anilines is 1. The highest BCUT2D eigenvalue weighted by Crippen LogP contribution is 2.35. The van der Waals surface area contributed by atoms with Gasteiger partial charge in [0, 0.05) is 23.1 Å². The van der Waals surface area contributed by atoms with E-state index in [2.05, 4.69) is 15.5 Å². The molecule has 0 saturated heterocycles. The first-order valence-electron chi connectivity index (χ1n) is 13.0. The van der Waals surface area contributed by atoms with Crippen molar-refractivity contribution in [2.24, 2.45) is 0 Å². The molecule has 1 N–H and O–H groups in total. The molecule has 5 rings (SSSR count). The van der Waals surface area contributed by atoms with Gasteiger partial charge in [0.15, 0.2) is 11.0 Å². The fourth-order valence-corrected chi connectivity index (χ4v) is 6.46. The van der Waals surface area contributed by atoms with Crippen LogP contribution in [0.25, 0.3) is 33.5 Å². The molecular weight excluding hydrogens is 574 g/mol. The van der Waals surface area contributed by atoms with Gasteiger partial charge in [-0.1, -0.05) is 60.3 Å². The number of hydrogen-bond acceptors (Lipinski definition) is 10. The molecule has 0 fully saturated rings. The van der Waals surface area contributed by atoms with E-state index in [0.717, 1.165) is 39.1 Å². The van der Waals surface area contributed by atoms with Crippen LogP contribution in [0.1, 0.15) is 32.5 Å². The van der Waals surface area contributed by atoms with Gasteiger partial charge in [0.2, 0.25) is 5.91 Å². The zero-order valence-electron chi connectivity index (χ0n) is 23.3. The average Bonchev–Trinajstić information content (AvgIpc) is 3.58. The smallest absolute Gasteiger partial charge is 0.348 e. The van der Waals surface area contributed by atoms with Gasteiger partial charge in [-0.3, -0.25) is 4.79 Å². The van der Waals surface area contributed by atoms with Gasteiger partial charge < -0.3 is 19.4 Å². The molecule has 0 radical (unpaired) electrons. The summed E-state index contributed by atoms with van der Waals surface area (Å²) in [5.74, 6) is -0.969. The molecule has 5 aromatic rings. The van der Waals surface area contributed by atoms with Crippen LogP contribution in [0, 0.1) is 6.92 Å². The minimum absolute atomic E-state index is 0.00436. The van der Waals surface area contributed by atoms with Gasteiger partial charge >= 0.3 is 11.9 Å². The van der Waals surface area contributed by atoms with E-state index in [1.807, 2.05) is 72.2 Å². The Labute approximate surface area is 250 Å². The van der Waals surface area contributed by atoms with Crippen LogP contribution in [0.2, 0.25) is 0 Å². The van der Waals surface area contributed by atoms with Gasteiger partial charge in [0.1, 0.15) is 9.88 Å². The third-order valence-corrected chi connectivity index (χ3v) is 8.71. The average molecular weight is 602 g/mol. The summed E-state index contributed by atoms with van der Waals surface area (Å²) in [7, 11) is 2.49. The maximum Gasteiger partial charge on any atom is 0.348 e. The van der Waals surface area contributed by atoms with Gasteiger partial charge in [-0.2, -0.15) is 0 Å². The van der Waals surface area contributed by atoms with E-state index in [-0.39, 0.29) is 27.1 Å². The van der Waals surface area contributed by atoms with Gasteiger partial charge in [-0.25, -0.2) is 14.6 Å². The van der Waals surface area contributed by atoms with Crippen molar-refractivity contribution in [2.45, 2.75) is 25.5 Å². The Morgan fingerprint density at radius 2 is 1.69 bits per heavy atom. The summed E-state index contributed by atoms with van der Waals surface area (Å²) in [5.41, 5.74) is 4.05. The third-order valence-electron chi connectivity index (χ3n) is 6.55. The summed E-state index contributed by atoms with van der Waals surface area (Å²) in [6.07, 6.45) is 0. The standard InChI is InChI=1S/C30H27N5O5S2/c1-5-35-26(20-15-22(18-11-7-6-8-12-18)31-21-14-10-9-13-19(20)21)33-34-30(35)41-16-23(36)32-27-24(28(37)39-3)17(2)25(42-27)29(38)40-4/h6-15H,5,16H2,1-4H3,(H,32,36). The quantitative estimate of drug-likeness (QED) is 0.163. The number of nitrogens with zero attached hydrogens (tertiary/aromatic N) is 4. The van der Waals surface area contributed by atoms with Crippen molar-refractivity contribution < 1.29 is 23.9 Å². The van der Waals surface area contributed by atoms with E-state index in [9.17, 15) is 14.4 Å². The van der Waals surface area contributed by atoms with Crippen molar-refractivity contribution in [2.75, 3.05) is 25.3 Å². The molecule has 3 heterocycles. The second kappa shape index (κ2) is 12.5. The molecular formula is C30H27N5O5S2. The first-order valence-corrected chi connectivity index (χ1v) is 14.8. The topological polar surface area (TPSA) is 125 Å². The maximum absolute atomic E-state index is 13.0. The fourth-order valence-electron chi connectivity index (χ4n) is 4.53. The van der Waals surface area contributed by atoms with Gasteiger partial charge in [0.05, 0.1) is 36.7 Å². The number of carbonyl (C=O) groups excluding carboxylic acids is 3. The van der Waals surface area contributed by atoms with Gasteiger partial charge in [-0.15, -0.1) is 21.5 Å². The molecule has 0 aliphatic heterocycles. The number of esters is 2. The molecule has 0 atom stereocenters. The molecule has 0 aliphatic rings. The Bertz CT molecular complexity index is 1800. The van der Waals surface area contributed by atoms with Crippen molar-refractivity contribution in [1.29, 1.82) is 0 Å². The number of benzene rings is 2. The normalized spacial score (nSPS) is 11.0. The number of pyridine rings is 1. The lowest BCUT2D eigenvalue weighted by Crippen LogP contribution is -2.16. The van der Waals surface area contributed by atoms with Crippen molar-refractivity contribution in [3.8, 4) is 22.6 Å². The Morgan fingerprint density at radius 1 is 0.976 bits per heavy atom. The number of rotatable bonds is 9. The van der Waals surface area contributed by atoms with E-state index in [1.54, 1.807) is 6.92 Å². The Balaban J connectivity index is 1.42. The maximum atomic E-state index is 13.0. The largest absolute Gasteiger partial charge is 0.465 e. The molecule has 214 valence electrons. The minimum Gasteiger partial charge on any atom is -0.465 e. The lowest BCUT2D eigenvalue weighted by atomic mass is 10.0. The zero-order chi connectivity index (χ0) is 29.8. The predicted molar refractivity (Wildman–Crippen MR) is 163 cm³/mol. The van der Waals surface area contributed by atoms with Gasteiger partial charge in [0.25, 0.3) is 0 Å². The van der Waals surface area contributed by atoms with Gasteiger partial charge in [-0.05, 0) is 31.5 Å². The molecule has 0 spiro atoms. The van der Waals surface area contributed by atoms with E-state index >= 15 is 0 Å². The molecule has 2 aromatic carbocycles. The number of aromatic nitrogens is 4. The van der Waals surface area contributed by atoms with Crippen molar-refractivity contribution in [3.63, 3.8) is 0 Å². The number of amides is 1. The third kappa shape index (κ3) is 5.63. The number of nitrogens with one attached hydrogen (secondary N) is 1. The molecule has 0 aliphatic carbocycles. The highest BCUT2D eigenvalue weighted by molar-refractivity contribution is 7.99. The van der Waals surface area contributed by atoms with E-state index in [0.29, 0.717) is 23.1 Å². The SMILES string of the molecule is CCn1c(SCC(=O)Nc2sc(C(=O)OC)c(C)c2C(=O)OC)nnc1-c1cc(-c2ccccc2)nc2ccccc12. The molecule has 0 bridgehead atoms.